The van der Waals surface area contributed by atoms with E-state index in [9.17, 15) is 9.90 Å². The molecule has 0 saturated heterocycles. The number of nitrogens with one attached hydrogen (secondary N) is 1. The van der Waals surface area contributed by atoms with Gasteiger partial charge in [-0.2, -0.15) is 0 Å². The molecule has 1 aromatic carbocycles. The second-order valence-electron chi connectivity index (χ2n) is 7.52. The minimum Gasteiger partial charge on any atom is -0.444 e. The maximum Gasteiger partial charge on any atom is 0.407 e. The summed E-state index contributed by atoms with van der Waals surface area (Å²) < 4.78 is 10.9. The molecule has 0 aliphatic heterocycles. The lowest BCUT2D eigenvalue weighted by atomic mass is 9.78. The summed E-state index contributed by atoms with van der Waals surface area (Å²) in [6.07, 6.45) is 1.08. The van der Waals surface area contributed by atoms with Gasteiger partial charge in [-0.1, -0.05) is 36.8 Å². The van der Waals surface area contributed by atoms with E-state index in [0.717, 1.165) is 17.5 Å². The molecule has 0 aromatic heterocycles. The van der Waals surface area contributed by atoms with E-state index in [1.54, 1.807) is 0 Å². The van der Waals surface area contributed by atoms with Crippen LogP contribution in [-0.4, -0.2) is 43.2 Å². The Bertz CT molecular complexity index is 521. The predicted molar refractivity (Wildman–Crippen MR) is 99.9 cm³/mol. The van der Waals surface area contributed by atoms with Crippen molar-refractivity contribution in [2.75, 3.05) is 26.4 Å². The minimum absolute atomic E-state index is 0.0820. The molecular weight excluding hydrogens is 318 g/mol. The van der Waals surface area contributed by atoms with Crippen molar-refractivity contribution in [2.45, 2.75) is 58.5 Å². The third-order valence-corrected chi connectivity index (χ3v) is 4.01. The molecule has 1 atom stereocenters. The Morgan fingerprint density at radius 1 is 1.16 bits per heavy atom. The predicted octanol–water partition coefficient (Wildman–Crippen LogP) is 3.57. The topological polar surface area (TPSA) is 67.8 Å². The normalized spacial score (nSPS) is 14.0. The van der Waals surface area contributed by atoms with E-state index in [4.69, 9.17) is 9.47 Å². The van der Waals surface area contributed by atoms with Gasteiger partial charge in [-0.3, -0.25) is 0 Å². The summed E-state index contributed by atoms with van der Waals surface area (Å²) in [5.74, 6) is 0. The van der Waals surface area contributed by atoms with Gasteiger partial charge in [0.05, 0.1) is 6.61 Å². The first kappa shape index (κ1) is 21.5. The molecule has 5 heteroatoms. The number of benzene rings is 1. The number of aliphatic hydroxyl groups is 1. The number of carbonyl (C=O) groups is 1. The van der Waals surface area contributed by atoms with E-state index >= 15 is 0 Å². The molecule has 0 bridgehead atoms. The highest BCUT2D eigenvalue weighted by molar-refractivity contribution is 5.67. The van der Waals surface area contributed by atoms with E-state index in [0.29, 0.717) is 19.6 Å². The maximum absolute atomic E-state index is 12.0. The van der Waals surface area contributed by atoms with Crippen molar-refractivity contribution >= 4 is 6.09 Å². The van der Waals surface area contributed by atoms with Gasteiger partial charge >= 0.3 is 6.09 Å². The highest BCUT2D eigenvalue weighted by Gasteiger charge is 2.32. The first-order chi connectivity index (χ1) is 11.7. The van der Waals surface area contributed by atoms with Crippen LogP contribution in [0.25, 0.3) is 0 Å². The molecule has 142 valence electrons. The summed E-state index contributed by atoms with van der Waals surface area (Å²) >= 11 is 0. The number of aliphatic hydroxyl groups excluding tert-OH is 1. The Morgan fingerprint density at radius 3 is 2.32 bits per heavy atom. The third kappa shape index (κ3) is 7.45. The lowest BCUT2D eigenvalue weighted by molar-refractivity contribution is 0.0479. The van der Waals surface area contributed by atoms with Crippen LogP contribution < -0.4 is 5.32 Å². The van der Waals surface area contributed by atoms with Crippen LogP contribution in [0.1, 0.15) is 51.7 Å². The molecule has 0 saturated carbocycles. The van der Waals surface area contributed by atoms with E-state index in [-0.39, 0.29) is 13.2 Å². The second-order valence-corrected chi connectivity index (χ2v) is 7.52. The van der Waals surface area contributed by atoms with E-state index in [1.165, 1.54) is 0 Å². The number of aryl methyl sites for hydroxylation is 1. The molecule has 1 rings (SSSR count). The molecule has 0 radical (unpaired) electrons. The fourth-order valence-electron chi connectivity index (χ4n) is 2.54. The zero-order chi connectivity index (χ0) is 18.9. The van der Waals surface area contributed by atoms with Gasteiger partial charge in [-0.15, -0.1) is 0 Å². The monoisotopic (exact) mass is 351 g/mol. The van der Waals surface area contributed by atoms with Gasteiger partial charge in [0.1, 0.15) is 5.60 Å². The smallest absolute Gasteiger partial charge is 0.407 e. The first-order valence-corrected chi connectivity index (χ1v) is 8.95. The number of hydrogen-bond acceptors (Lipinski definition) is 4. The SMILES string of the molecule is CCCOCCC(CO)(CNC(=O)OC(C)(C)C)c1ccc(C)cc1. The van der Waals surface area contributed by atoms with Gasteiger partial charge < -0.3 is 19.9 Å². The van der Waals surface area contributed by atoms with Crippen LogP contribution in [-0.2, 0) is 14.9 Å². The van der Waals surface area contributed by atoms with Crippen molar-refractivity contribution in [1.29, 1.82) is 0 Å². The third-order valence-electron chi connectivity index (χ3n) is 4.01. The van der Waals surface area contributed by atoms with Gasteiger partial charge in [0, 0.05) is 25.2 Å². The lowest BCUT2D eigenvalue weighted by Gasteiger charge is -2.33. The highest BCUT2D eigenvalue weighted by atomic mass is 16.6. The van der Waals surface area contributed by atoms with Crippen LogP contribution in [0.2, 0.25) is 0 Å². The lowest BCUT2D eigenvalue weighted by Crippen LogP contribution is -2.45. The number of amides is 1. The Hall–Kier alpha value is -1.59. The van der Waals surface area contributed by atoms with Gasteiger partial charge in [-0.05, 0) is 46.1 Å². The number of carbonyl (C=O) groups excluding carboxylic acids is 1. The average molecular weight is 351 g/mol. The fourth-order valence-corrected chi connectivity index (χ4v) is 2.54. The second kappa shape index (κ2) is 9.78. The van der Waals surface area contributed by atoms with Gasteiger partial charge in [0.2, 0.25) is 0 Å². The Morgan fingerprint density at radius 2 is 1.80 bits per heavy atom. The Kier molecular flexibility index (Phi) is 8.39. The van der Waals surface area contributed by atoms with Crippen LogP contribution in [0, 0.1) is 6.92 Å². The zero-order valence-electron chi connectivity index (χ0n) is 16.2. The van der Waals surface area contributed by atoms with Crippen molar-refractivity contribution in [1.82, 2.24) is 5.32 Å². The summed E-state index contributed by atoms with van der Waals surface area (Å²) in [7, 11) is 0. The quantitative estimate of drug-likeness (QED) is 0.668. The largest absolute Gasteiger partial charge is 0.444 e. The maximum atomic E-state index is 12.0. The fraction of sp³-hybridized carbons (Fsp3) is 0.650. The first-order valence-electron chi connectivity index (χ1n) is 8.95. The molecule has 2 N–H and O–H groups in total. The van der Waals surface area contributed by atoms with E-state index in [1.807, 2.05) is 52.0 Å². The highest BCUT2D eigenvalue weighted by Crippen LogP contribution is 2.28. The van der Waals surface area contributed by atoms with Gasteiger partial charge in [0.15, 0.2) is 0 Å². The van der Waals surface area contributed by atoms with E-state index in [2.05, 4.69) is 12.2 Å². The zero-order valence-corrected chi connectivity index (χ0v) is 16.2. The molecule has 25 heavy (non-hydrogen) atoms. The molecule has 0 spiro atoms. The van der Waals surface area contributed by atoms with Crippen molar-refractivity contribution in [2.24, 2.45) is 0 Å². The molecule has 1 unspecified atom stereocenters. The van der Waals surface area contributed by atoms with Crippen molar-refractivity contribution in [3.63, 3.8) is 0 Å². The number of hydrogen-bond donors (Lipinski definition) is 2. The van der Waals surface area contributed by atoms with Gasteiger partial charge in [-0.25, -0.2) is 4.79 Å². The molecule has 5 nitrogen and oxygen atoms in total. The molecule has 0 aliphatic rings. The standard InChI is InChI=1S/C20H33NO4/c1-6-12-24-13-11-20(15-22,17-9-7-16(2)8-10-17)14-21-18(23)25-19(3,4)5/h7-10,22H,6,11-15H2,1-5H3,(H,21,23). The van der Waals surface area contributed by atoms with Crippen LogP contribution in [0.5, 0.6) is 0 Å². The molecule has 0 aliphatic carbocycles. The number of alkyl carbamates (subject to hydrolysis) is 1. The average Bonchev–Trinajstić information content (AvgIpc) is 2.54. The van der Waals surface area contributed by atoms with Crippen LogP contribution >= 0.6 is 0 Å². The van der Waals surface area contributed by atoms with Gasteiger partial charge in [0.25, 0.3) is 0 Å². The van der Waals surface area contributed by atoms with Crippen LogP contribution in [0.15, 0.2) is 24.3 Å². The summed E-state index contributed by atoms with van der Waals surface area (Å²) in [5.41, 5.74) is 0.980. The number of ether oxygens (including phenoxy) is 2. The molecular formula is C20H33NO4. The Labute approximate surface area is 151 Å². The van der Waals surface area contributed by atoms with Crippen LogP contribution in [0.4, 0.5) is 4.79 Å². The summed E-state index contributed by atoms with van der Waals surface area (Å²) in [5, 5.41) is 13.0. The molecule has 0 fully saturated rings. The Balaban J connectivity index is 2.88. The van der Waals surface area contributed by atoms with E-state index < -0.39 is 17.1 Å². The van der Waals surface area contributed by atoms with Crippen molar-refractivity contribution in [3.8, 4) is 0 Å². The van der Waals surface area contributed by atoms with Crippen LogP contribution in [0.3, 0.4) is 0 Å². The minimum atomic E-state index is -0.599. The summed E-state index contributed by atoms with van der Waals surface area (Å²) in [6, 6.07) is 8.03. The van der Waals surface area contributed by atoms with Crippen molar-refractivity contribution in [3.05, 3.63) is 35.4 Å². The van der Waals surface area contributed by atoms with Crippen molar-refractivity contribution < 1.29 is 19.4 Å². The molecule has 0 heterocycles. The summed E-state index contributed by atoms with van der Waals surface area (Å²) in [6.45, 7) is 11.0. The molecule has 1 aromatic rings. The number of rotatable bonds is 9. The summed E-state index contributed by atoms with van der Waals surface area (Å²) in [4.78, 5) is 12.0. The molecule has 1 amide bonds.